The van der Waals surface area contributed by atoms with Crippen LogP contribution in [0.3, 0.4) is 0 Å². The van der Waals surface area contributed by atoms with E-state index in [0.29, 0.717) is 40.9 Å². The van der Waals surface area contributed by atoms with Crippen molar-refractivity contribution in [3.8, 4) is 17.2 Å². The zero-order valence-corrected chi connectivity index (χ0v) is 17.8. The van der Waals surface area contributed by atoms with Gasteiger partial charge in [0.05, 0.1) is 12.6 Å². The molecule has 2 aromatic carbocycles. The molecule has 32 heavy (non-hydrogen) atoms. The number of primary sulfonamides is 1. The Hall–Kier alpha value is -3.70. The van der Waals surface area contributed by atoms with Crippen molar-refractivity contribution in [2.45, 2.75) is 17.7 Å². The number of nitrogens with two attached hydrogens (primary N) is 2. The van der Waals surface area contributed by atoms with Crippen molar-refractivity contribution in [2.24, 2.45) is 16.3 Å². The van der Waals surface area contributed by atoms with Gasteiger partial charge in [0.15, 0.2) is 0 Å². The molecule has 0 atom stereocenters. The van der Waals surface area contributed by atoms with Gasteiger partial charge in [0, 0.05) is 23.3 Å². The highest BCUT2D eigenvalue weighted by Crippen LogP contribution is 2.46. The summed E-state index contributed by atoms with van der Waals surface area (Å²) in [4.78, 5) is 27.8. The van der Waals surface area contributed by atoms with E-state index in [1.807, 2.05) is 0 Å². The van der Waals surface area contributed by atoms with E-state index in [-0.39, 0.29) is 10.6 Å². The Balaban J connectivity index is 1.60. The van der Waals surface area contributed by atoms with Crippen LogP contribution in [0.1, 0.15) is 12.8 Å². The summed E-state index contributed by atoms with van der Waals surface area (Å²) < 4.78 is 34.9. The van der Waals surface area contributed by atoms with Crippen molar-refractivity contribution in [2.75, 3.05) is 12.4 Å². The number of anilines is 1. The molecule has 0 aliphatic heterocycles. The maximum Gasteiger partial charge on any atom is 0.241 e. The number of primary amides is 1. The number of rotatable bonds is 7. The largest absolute Gasteiger partial charge is 0.495 e. The smallest absolute Gasteiger partial charge is 0.241 e. The summed E-state index contributed by atoms with van der Waals surface area (Å²) in [6, 6.07) is 10.9. The van der Waals surface area contributed by atoms with Crippen LogP contribution >= 0.6 is 0 Å². The van der Waals surface area contributed by atoms with E-state index in [0.717, 1.165) is 0 Å². The van der Waals surface area contributed by atoms with Crippen LogP contribution in [0.4, 0.5) is 5.69 Å². The second-order valence-electron chi connectivity index (χ2n) is 7.40. The van der Waals surface area contributed by atoms with E-state index < -0.39 is 27.3 Å². The number of nitrogens with zero attached hydrogens (tertiary/aromatic N) is 1. The number of nitrogens with one attached hydrogen (secondary N) is 1. The molecule has 1 aliphatic rings. The monoisotopic (exact) mass is 456 g/mol. The van der Waals surface area contributed by atoms with Crippen LogP contribution in [0.25, 0.3) is 10.9 Å². The van der Waals surface area contributed by atoms with E-state index >= 15 is 0 Å². The molecule has 1 saturated carbocycles. The first kappa shape index (κ1) is 21.5. The number of ether oxygens (including phenoxy) is 2. The number of hydrogen-bond donors (Lipinski definition) is 3. The number of amides is 2. The van der Waals surface area contributed by atoms with E-state index in [9.17, 15) is 18.0 Å². The molecule has 10 nitrogen and oxygen atoms in total. The topological polar surface area (TPSA) is 164 Å². The fourth-order valence-corrected chi connectivity index (χ4v) is 4.00. The maximum atomic E-state index is 12.3. The van der Waals surface area contributed by atoms with Crippen molar-refractivity contribution in [3.05, 3.63) is 48.7 Å². The van der Waals surface area contributed by atoms with Gasteiger partial charge in [0.2, 0.25) is 21.8 Å². The summed E-state index contributed by atoms with van der Waals surface area (Å²) in [6.45, 7) is 0. The van der Waals surface area contributed by atoms with Crippen LogP contribution in [0, 0.1) is 5.41 Å². The normalized spacial score (nSPS) is 14.6. The molecule has 3 aromatic rings. The molecule has 1 heterocycles. The fraction of sp³-hybridized carbons (Fsp3) is 0.190. The molecule has 5 N–H and O–H groups in total. The average molecular weight is 456 g/mol. The highest BCUT2D eigenvalue weighted by molar-refractivity contribution is 7.89. The van der Waals surface area contributed by atoms with Gasteiger partial charge in [0.1, 0.15) is 27.6 Å². The highest BCUT2D eigenvalue weighted by Gasteiger charge is 2.55. The number of benzene rings is 2. The summed E-state index contributed by atoms with van der Waals surface area (Å²) in [6.07, 6.45) is 2.40. The number of aromatic nitrogens is 1. The van der Waals surface area contributed by atoms with Gasteiger partial charge in [0.25, 0.3) is 0 Å². The van der Waals surface area contributed by atoms with Crippen LogP contribution < -0.4 is 25.7 Å². The molecule has 1 aliphatic carbocycles. The van der Waals surface area contributed by atoms with E-state index in [2.05, 4.69) is 10.3 Å². The number of methoxy groups -OCH3 is 1. The second kappa shape index (κ2) is 7.77. The van der Waals surface area contributed by atoms with Crippen molar-refractivity contribution in [1.82, 2.24) is 4.98 Å². The Labute approximate surface area is 183 Å². The standard InChI is InChI=1S/C21H20N4O6S/c1-30-17-11-15-14(10-18(17)32(23,28)29)16(6-9-24-15)31-13-4-2-12(3-5-13)25-20(27)21(7-8-21)19(22)26/h2-6,9-11H,7-8H2,1H3,(H2,22,26)(H,25,27)(H2,23,28,29). The lowest BCUT2D eigenvalue weighted by atomic mass is 10.1. The fourth-order valence-electron chi connectivity index (χ4n) is 3.29. The van der Waals surface area contributed by atoms with Crippen molar-refractivity contribution < 1.29 is 27.5 Å². The van der Waals surface area contributed by atoms with Crippen LogP contribution in [-0.4, -0.2) is 32.3 Å². The number of fused-ring (bicyclic) bond motifs is 1. The third-order valence-electron chi connectivity index (χ3n) is 5.29. The van der Waals surface area contributed by atoms with Gasteiger partial charge >= 0.3 is 0 Å². The molecule has 0 saturated heterocycles. The lowest BCUT2D eigenvalue weighted by Crippen LogP contribution is -2.36. The molecule has 2 amide bonds. The lowest BCUT2D eigenvalue weighted by Gasteiger charge is -2.13. The average Bonchev–Trinajstić information content (AvgIpc) is 3.56. The van der Waals surface area contributed by atoms with Gasteiger partial charge in [-0.3, -0.25) is 14.6 Å². The molecule has 0 radical (unpaired) electrons. The Morgan fingerprint density at radius 1 is 1.09 bits per heavy atom. The Morgan fingerprint density at radius 2 is 1.78 bits per heavy atom. The Morgan fingerprint density at radius 3 is 2.34 bits per heavy atom. The SMILES string of the molecule is COc1cc2nccc(Oc3ccc(NC(=O)C4(C(N)=O)CC4)cc3)c2cc1S(N)(=O)=O. The van der Waals surface area contributed by atoms with Crippen molar-refractivity contribution >= 4 is 38.4 Å². The molecule has 0 spiro atoms. The number of pyridine rings is 1. The molecule has 0 bridgehead atoms. The maximum absolute atomic E-state index is 12.3. The van der Waals surface area contributed by atoms with Crippen LogP contribution in [0.5, 0.6) is 17.2 Å². The van der Waals surface area contributed by atoms with Crippen LogP contribution in [-0.2, 0) is 19.6 Å². The minimum Gasteiger partial charge on any atom is -0.495 e. The first-order chi connectivity index (χ1) is 15.1. The summed E-state index contributed by atoms with van der Waals surface area (Å²) in [5.74, 6) is -0.197. The van der Waals surface area contributed by atoms with Gasteiger partial charge in [-0.1, -0.05) is 0 Å². The summed E-state index contributed by atoms with van der Waals surface area (Å²) in [7, 11) is -2.70. The molecule has 166 valence electrons. The second-order valence-corrected chi connectivity index (χ2v) is 8.93. The van der Waals surface area contributed by atoms with Gasteiger partial charge in [-0.05, 0) is 49.2 Å². The summed E-state index contributed by atoms with van der Waals surface area (Å²) in [5, 5.41) is 8.41. The number of carbonyl (C=O) groups excluding carboxylic acids is 2. The van der Waals surface area contributed by atoms with Crippen molar-refractivity contribution in [1.29, 1.82) is 0 Å². The van der Waals surface area contributed by atoms with E-state index in [1.54, 1.807) is 30.3 Å². The van der Waals surface area contributed by atoms with Crippen molar-refractivity contribution in [3.63, 3.8) is 0 Å². The Kier molecular flexibility index (Phi) is 5.23. The van der Waals surface area contributed by atoms with Crippen LogP contribution in [0.2, 0.25) is 0 Å². The molecule has 1 aromatic heterocycles. The minimum absolute atomic E-state index is 0.0779. The molecule has 0 unspecified atom stereocenters. The number of hydrogen-bond acceptors (Lipinski definition) is 7. The van der Waals surface area contributed by atoms with Gasteiger partial charge in [-0.25, -0.2) is 13.6 Å². The molecular weight excluding hydrogens is 436 g/mol. The third kappa shape index (κ3) is 3.95. The zero-order valence-electron chi connectivity index (χ0n) is 17.0. The predicted molar refractivity (Wildman–Crippen MR) is 116 cm³/mol. The number of sulfonamides is 1. The first-order valence-electron chi connectivity index (χ1n) is 9.53. The highest BCUT2D eigenvalue weighted by atomic mass is 32.2. The summed E-state index contributed by atoms with van der Waals surface area (Å²) >= 11 is 0. The minimum atomic E-state index is -4.04. The Bertz CT molecular complexity index is 1330. The number of carbonyl (C=O) groups is 2. The third-order valence-corrected chi connectivity index (χ3v) is 6.22. The predicted octanol–water partition coefficient (Wildman–Crippen LogP) is 1.89. The molecule has 1 fully saturated rings. The quantitative estimate of drug-likeness (QED) is 0.457. The first-order valence-corrected chi connectivity index (χ1v) is 11.1. The van der Waals surface area contributed by atoms with E-state index in [1.165, 1.54) is 25.4 Å². The van der Waals surface area contributed by atoms with Gasteiger partial charge in [-0.15, -0.1) is 0 Å². The molecular formula is C21H20N4O6S. The zero-order chi connectivity index (χ0) is 23.1. The van der Waals surface area contributed by atoms with Gasteiger partial charge < -0.3 is 20.5 Å². The van der Waals surface area contributed by atoms with Gasteiger partial charge in [-0.2, -0.15) is 0 Å². The van der Waals surface area contributed by atoms with Crippen LogP contribution in [0.15, 0.2) is 53.6 Å². The molecule has 11 heteroatoms. The summed E-state index contributed by atoms with van der Waals surface area (Å²) in [5.41, 5.74) is 5.14. The lowest BCUT2D eigenvalue weighted by molar-refractivity contribution is -0.132. The van der Waals surface area contributed by atoms with E-state index in [4.69, 9.17) is 20.3 Å². The molecule has 4 rings (SSSR count).